The third-order valence-corrected chi connectivity index (χ3v) is 4.88. The average molecular weight is 333 g/mol. The molecular weight excluding hydrogens is 314 g/mol. The number of pyridine rings is 1. The first-order valence-corrected chi connectivity index (χ1v) is 8.49. The molecule has 1 aliphatic rings. The fraction of sp³-hybridized carbons (Fsp3) is 0.238. The van der Waals surface area contributed by atoms with Crippen molar-refractivity contribution in [1.29, 1.82) is 0 Å². The Hall–Kier alpha value is -2.88. The van der Waals surface area contributed by atoms with Crippen LogP contribution in [0.25, 0.3) is 10.8 Å². The summed E-state index contributed by atoms with van der Waals surface area (Å²) in [4.78, 5) is 24.9. The summed E-state index contributed by atoms with van der Waals surface area (Å²) < 4.78 is 6.65. The van der Waals surface area contributed by atoms with E-state index < -0.39 is 0 Å². The smallest absolute Gasteiger partial charge is 0.339 e. The average Bonchev–Trinajstić information content (AvgIpc) is 3.13. The summed E-state index contributed by atoms with van der Waals surface area (Å²) in [7, 11) is 1.38. The van der Waals surface area contributed by atoms with Crippen LogP contribution in [0.2, 0.25) is 0 Å². The quantitative estimate of drug-likeness (QED) is 0.691. The Kier molecular flexibility index (Phi) is 3.88. The van der Waals surface area contributed by atoms with Gasteiger partial charge in [0.25, 0.3) is 5.56 Å². The molecule has 3 aromatic rings. The number of carbonyl (C=O) groups excluding carboxylic acids is 1. The van der Waals surface area contributed by atoms with E-state index in [0.717, 1.165) is 29.5 Å². The number of ether oxygens (including phenoxy) is 1. The standard InChI is InChI=1S/C21H19NO3/c1-25-21(24)18-13-17(20(23)22-10-4-7-19(18)22)12-14-8-9-15-5-2-3-6-16(15)11-14/h2-3,5-6,8-9,11,13H,4,7,10,12H2,1H3. The first kappa shape index (κ1) is 15.6. The lowest BCUT2D eigenvalue weighted by molar-refractivity contribution is 0.0598. The molecule has 2 aromatic carbocycles. The molecule has 0 amide bonds. The zero-order valence-electron chi connectivity index (χ0n) is 14.1. The van der Waals surface area contributed by atoms with Gasteiger partial charge in [0, 0.05) is 24.2 Å². The predicted molar refractivity (Wildman–Crippen MR) is 97.1 cm³/mol. The minimum atomic E-state index is -0.370. The van der Waals surface area contributed by atoms with Crippen LogP contribution in [0, 0.1) is 0 Å². The maximum Gasteiger partial charge on any atom is 0.339 e. The van der Waals surface area contributed by atoms with E-state index in [4.69, 9.17) is 4.74 Å². The maximum absolute atomic E-state index is 12.8. The number of esters is 1. The molecule has 0 atom stereocenters. The largest absolute Gasteiger partial charge is 0.465 e. The van der Waals surface area contributed by atoms with E-state index >= 15 is 0 Å². The summed E-state index contributed by atoms with van der Waals surface area (Å²) >= 11 is 0. The molecule has 2 heterocycles. The van der Waals surface area contributed by atoms with Gasteiger partial charge < -0.3 is 9.30 Å². The molecule has 0 aliphatic carbocycles. The van der Waals surface area contributed by atoms with Crippen LogP contribution in [-0.2, 0) is 24.1 Å². The molecule has 4 nitrogen and oxygen atoms in total. The van der Waals surface area contributed by atoms with Crippen LogP contribution in [0.3, 0.4) is 0 Å². The summed E-state index contributed by atoms with van der Waals surface area (Å²) in [5.41, 5.74) is 3.04. The highest BCUT2D eigenvalue weighted by atomic mass is 16.5. The summed E-state index contributed by atoms with van der Waals surface area (Å²) in [6, 6.07) is 16.1. The number of rotatable bonds is 3. The molecule has 1 aromatic heterocycles. The second-order valence-electron chi connectivity index (χ2n) is 6.44. The maximum atomic E-state index is 12.8. The van der Waals surface area contributed by atoms with Crippen LogP contribution in [0.4, 0.5) is 0 Å². The van der Waals surface area contributed by atoms with Crippen LogP contribution in [0.15, 0.2) is 53.3 Å². The number of hydrogen-bond donors (Lipinski definition) is 0. The van der Waals surface area contributed by atoms with Crippen LogP contribution < -0.4 is 5.56 Å². The Morgan fingerprint density at radius 3 is 2.72 bits per heavy atom. The summed E-state index contributed by atoms with van der Waals surface area (Å²) in [5.74, 6) is -0.370. The van der Waals surface area contributed by atoms with Gasteiger partial charge in [-0.05, 0) is 35.2 Å². The van der Waals surface area contributed by atoms with Crippen molar-refractivity contribution in [3.05, 3.63) is 81.3 Å². The van der Waals surface area contributed by atoms with Crippen molar-refractivity contribution in [3.8, 4) is 0 Å². The van der Waals surface area contributed by atoms with Gasteiger partial charge in [-0.3, -0.25) is 4.79 Å². The fourth-order valence-electron chi connectivity index (χ4n) is 3.65. The van der Waals surface area contributed by atoms with Crippen molar-refractivity contribution in [2.75, 3.05) is 7.11 Å². The molecular formula is C21H19NO3. The van der Waals surface area contributed by atoms with Crippen molar-refractivity contribution in [2.45, 2.75) is 25.8 Å². The van der Waals surface area contributed by atoms with Gasteiger partial charge >= 0.3 is 5.97 Å². The molecule has 25 heavy (non-hydrogen) atoms. The van der Waals surface area contributed by atoms with Crippen LogP contribution >= 0.6 is 0 Å². The number of aromatic nitrogens is 1. The molecule has 0 saturated carbocycles. The second-order valence-corrected chi connectivity index (χ2v) is 6.44. The van der Waals surface area contributed by atoms with E-state index in [9.17, 15) is 9.59 Å². The number of fused-ring (bicyclic) bond motifs is 2. The molecule has 0 bridgehead atoms. The van der Waals surface area contributed by atoms with Crippen molar-refractivity contribution < 1.29 is 9.53 Å². The first-order chi connectivity index (χ1) is 12.2. The highest BCUT2D eigenvalue weighted by Gasteiger charge is 2.23. The lowest BCUT2D eigenvalue weighted by atomic mass is 10.00. The Balaban J connectivity index is 1.79. The van der Waals surface area contributed by atoms with Gasteiger partial charge in [0.15, 0.2) is 0 Å². The van der Waals surface area contributed by atoms with E-state index in [1.54, 1.807) is 10.6 Å². The summed E-state index contributed by atoms with van der Waals surface area (Å²) in [6.45, 7) is 0.670. The number of nitrogens with zero attached hydrogens (tertiary/aromatic N) is 1. The molecule has 0 spiro atoms. The third kappa shape index (κ3) is 2.74. The van der Waals surface area contributed by atoms with Crippen molar-refractivity contribution in [1.82, 2.24) is 4.57 Å². The molecule has 4 rings (SSSR count). The predicted octanol–water partition coefficient (Wildman–Crippen LogP) is 3.33. The Morgan fingerprint density at radius 1 is 1.12 bits per heavy atom. The van der Waals surface area contributed by atoms with Crippen LogP contribution in [0.5, 0.6) is 0 Å². The lowest BCUT2D eigenvalue weighted by Gasteiger charge is -2.12. The van der Waals surface area contributed by atoms with E-state index in [2.05, 4.69) is 24.3 Å². The summed E-state index contributed by atoms with van der Waals surface area (Å²) in [5, 5.41) is 2.32. The number of carbonyl (C=O) groups is 1. The van der Waals surface area contributed by atoms with Crippen LogP contribution in [-0.4, -0.2) is 17.6 Å². The monoisotopic (exact) mass is 333 g/mol. The fourth-order valence-corrected chi connectivity index (χ4v) is 3.65. The van der Waals surface area contributed by atoms with Gasteiger partial charge in [-0.15, -0.1) is 0 Å². The molecule has 1 aliphatic heterocycles. The molecule has 126 valence electrons. The SMILES string of the molecule is COC(=O)c1cc(Cc2ccc3ccccc3c2)c(=O)n2c1CCC2. The highest BCUT2D eigenvalue weighted by molar-refractivity contribution is 5.91. The molecule has 0 saturated heterocycles. The second kappa shape index (κ2) is 6.20. The first-order valence-electron chi connectivity index (χ1n) is 8.49. The Labute approximate surface area is 145 Å². The van der Waals surface area contributed by atoms with Crippen molar-refractivity contribution >= 4 is 16.7 Å². The van der Waals surface area contributed by atoms with E-state index in [1.165, 1.54) is 12.5 Å². The third-order valence-electron chi connectivity index (χ3n) is 4.88. The minimum absolute atomic E-state index is 0.00770. The number of benzene rings is 2. The lowest BCUT2D eigenvalue weighted by Crippen LogP contribution is -2.26. The Bertz CT molecular complexity index is 1030. The topological polar surface area (TPSA) is 48.3 Å². The summed E-state index contributed by atoms with van der Waals surface area (Å²) in [6.07, 6.45) is 2.14. The van der Waals surface area contributed by atoms with Crippen molar-refractivity contribution in [3.63, 3.8) is 0 Å². The van der Waals surface area contributed by atoms with Gasteiger partial charge in [-0.1, -0.05) is 42.5 Å². The zero-order valence-corrected chi connectivity index (χ0v) is 14.1. The molecule has 0 radical (unpaired) electrons. The highest BCUT2D eigenvalue weighted by Crippen LogP contribution is 2.21. The molecule has 0 unspecified atom stereocenters. The minimum Gasteiger partial charge on any atom is -0.465 e. The number of methoxy groups -OCH3 is 1. The van der Waals surface area contributed by atoms with E-state index in [0.29, 0.717) is 24.1 Å². The van der Waals surface area contributed by atoms with Gasteiger partial charge in [-0.2, -0.15) is 0 Å². The van der Waals surface area contributed by atoms with Crippen molar-refractivity contribution in [2.24, 2.45) is 0 Å². The van der Waals surface area contributed by atoms with Gasteiger partial charge in [-0.25, -0.2) is 4.79 Å². The number of hydrogen-bond acceptors (Lipinski definition) is 3. The Morgan fingerprint density at radius 2 is 1.92 bits per heavy atom. The van der Waals surface area contributed by atoms with E-state index in [1.807, 2.05) is 18.2 Å². The van der Waals surface area contributed by atoms with E-state index in [-0.39, 0.29) is 11.5 Å². The molecule has 4 heteroatoms. The van der Waals surface area contributed by atoms with Gasteiger partial charge in [0.05, 0.1) is 12.7 Å². The van der Waals surface area contributed by atoms with Crippen LogP contribution in [0.1, 0.15) is 33.6 Å². The van der Waals surface area contributed by atoms with Gasteiger partial charge in [0.2, 0.25) is 0 Å². The molecule has 0 N–H and O–H groups in total. The van der Waals surface area contributed by atoms with Gasteiger partial charge in [0.1, 0.15) is 0 Å². The normalized spacial score (nSPS) is 13.0. The zero-order chi connectivity index (χ0) is 17.4. The molecule has 0 fully saturated rings.